The molecule has 0 aliphatic heterocycles. The third-order valence-corrected chi connectivity index (χ3v) is 1.52. The van der Waals surface area contributed by atoms with Crippen molar-refractivity contribution in [2.75, 3.05) is 7.05 Å². The predicted molar refractivity (Wildman–Crippen MR) is 42.7 cm³/mol. The van der Waals surface area contributed by atoms with E-state index < -0.39 is 0 Å². The molecule has 0 rings (SSSR count). The molecule has 0 bridgehead atoms. The quantitative estimate of drug-likeness (QED) is 0.577. The molecule has 2 nitrogen and oxygen atoms in total. The maximum atomic E-state index is 10.7. The first-order valence-electron chi connectivity index (χ1n) is 3.47. The Hall–Kier alpha value is -0.790. The third kappa shape index (κ3) is 3.28. The lowest BCUT2D eigenvalue weighted by atomic mass is 10.1. The summed E-state index contributed by atoms with van der Waals surface area (Å²) in [5, 5.41) is 2.54. The van der Waals surface area contributed by atoms with Gasteiger partial charge in [-0.1, -0.05) is 19.4 Å². The molecule has 2 heteroatoms. The highest BCUT2D eigenvalue weighted by atomic mass is 16.1. The molecule has 0 aromatic rings. The summed E-state index contributed by atoms with van der Waals surface area (Å²) >= 11 is 0. The molecule has 0 saturated heterocycles. The van der Waals surface area contributed by atoms with Gasteiger partial charge in [0, 0.05) is 13.1 Å². The van der Waals surface area contributed by atoms with Gasteiger partial charge in [-0.05, 0) is 12.8 Å². The summed E-state index contributed by atoms with van der Waals surface area (Å²) in [5.41, 5.74) is 1.11. The van der Waals surface area contributed by atoms with Crippen LogP contribution in [0.15, 0.2) is 11.6 Å². The lowest BCUT2D eigenvalue weighted by molar-refractivity contribution is -0.116. The van der Waals surface area contributed by atoms with E-state index in [1.54, 1.807) is 13.1 Å². The minimum absolute atomic E-state index is 0.0220. The standard InChI is InChI=1S/C8H15NO/c1-6(2)7(3)5-8(10)9-4/h5-6H,1-4H3,(H,9,10)/b7-5+. The van der Waals surface area contributed by atoms with Gasteiger partial charge in [0.1, 0.15) is 0 Å². The number of amides is 1. The minimum Gasteiger partial charge on any atom is -0.356 e. The fraction of sp³-hybridized carbons (Fsp3) is 0.625. The van der Waals surface area contributed by atoms with E-state index in [-0.39, 0.29) is 5.91 Å². The highest BCUT2D eigenvalue weighted by Crippen LogP contribution is 2.06. The molecule has 10 heavy (non-hydrogen) atoms. The number of hydrogen-bond acceptors (Lipinski definition) is 1. The monoisotopic (exact) mass is 141 g/mol. The normalized spacial score (nSPS) is 11.9. The van der Waals surface area contributed by atoms with Crippen LogP contribution in [0.5, 0.6) is 0 Å². The molecule has 0 aliphatic carbocycles. The maximum Gasteiger partial charge on any atom is 0.243 e. The molecule has 0 aliphatic rings. The Kier molecular flexibility index (Phi) is 3.77. The van der Waals surface area contributed by atoms with Crippen LogP contribution in [0.4, 0.5) is 0 Å². The number of nitrogens with one attached hydrogen (secondary N) is 1. The van der Waals surface area contributed by atoms with Crippen molar-refractivity contribution in [3.05, 3.63) is 11.6 Å². The molecule has 0 saturated carbocycles. The number of rotatable bonds is 2. The van der Waals surface area contributed by atoms with Gasteiger partial charge in [0.15, 0.2) is 0 Å². The van der Waals surface area contributed by atoms with Gasteiger partial charge in [-0.15, -0.1) is 0 Å². The molecule has 1 N–H and O–H groups in total. The van der Waals surface area contributed by atoms with E-state index in [9.17, 15) is 4.79 Å². The fourth-order valence-corrected chi connectivity index (χ4v) is 0.446. The van der Waals surface area contributed by atoms with E-state index in [1.807, 2.05) is 6.92 Å². The molecule has 0 atom stereocenters. The zero-order valence-corrected chi connectivity index (χ0v) is 7.06. The molecule has 0 aromatic heterocycles. The van der Waals surface area contributed by atoms with Gasteiger partial charge in [-0.3, -0.25) is 4.79 Å². The van der Waals surface area contributed by atoms with Gasteiger partial charge >= 0.3 is 0 Å². The number of carbonyl (C=O) groups excluding carboxylic acids is 1. The molecule has 0 unspecified atom stereocenters. The average Bonchev–Trinajstić information content (AvgIpc) is 1.87. The lowest BCUT2D eigenvalue weighted by Gasteiger charge is -2.02. The summed E-state index contributed by atoms with van der Waals surface area (Å²) in [6.45, 7) is 6.09. The van der Waals surface area contributed by atoms with Crippen molar-refractivity contribution in [2.24, 2.45) is 5.92 Å². The maximum absolute atomic E-state index is 10.7. The zero-order valence-electron chi connectivity index (χ0n) is 7.06. The molecular formula is C8H15NO. The second-order valence-corrected chi connectivity index (χ2v) is 2.66. The lowest BCUT2D eigenvalue weighted by Crippen LogP contribution is -2.15. The Morgan fingerprint density at radius 3 is 2.30 bits per heavy atom. The largest absolute Gasteiger partial charge is 0.356 e. The summed E-state index contributed by atoms with van der Waals surface area (Å²) < 4.78 is 0. The van der Waals surface area contributed by atoms with Gasteiger partial charge < -0.3 is 5.32 Å². The summed E-state index contributed by atoms with van der Waals surface area (Å²) in [6.07, 6.45) is 1.63. The van der Waals surface area contributed by atoms with Crippen molar-refractivity contribution < 1.29 is 4.79 Å². The van der Waals surface area contributed by atoms with E-state index in [0.29, 0.717) is 5.92 Å². The van der Waals surface area contributed by atoms with Gasteiger partial charge in [0.2, 0.25) is 5.91 Å². The van der Waals surface area contributed by atoms with Crippen LogP contribution in [0.1, 0.15) is 20.8 Å². The van der Waals surface area contributed by atoms with Crippen molar-refractivity contribution in [2.45, 2.75) is 20.8 Å². The first kappa shape index (κ1) is 9.21. The van der Waals surface area contributed by atoms with Crippen LogP contribution in [0, 0.1) is 5.92 Å². The Bertz CT molecular complexity index is 147. The van der Waals surface area contributed by atoms with Crippen LogP contribution in [0.3, 0.4) is 0 Å². The highest BCUT2D eigenvalue weighted by molar-refractivity contribution is 5.87. The summed E-state index contributed by atoms with van der Waals surface area (Å²) in [5.74, 6) is 0.434. The number of hydrogen-bond donors (Lipinski definition) is 1. The van der Waals surface area contributed by atoms with Crippen LogP contribution >= 0.6 is 0 Å². The fourth-order valence-electron chi connectivity index (χ4n) is 0.446. The minimum atomic E-state index is -0.0220. The second kappa shape index (κ2) is 4.09. The van der Waals surface area contributed by atoms with Crippen LogP contribution in [0.25, 0.3) is 0 Å². The number of likely N-dealkylation sites (N-methyl/N-ethyl adjacent to an activating group) is 1. The van der Waals surface area contributed by atoms with Crippen molar-refractivity contribution in [3.63, 3.8) is 0 Å². The number of allylic oxidation sites excluding steroid dienone is 1. The second-order valence-electron chi connectivity index (χ2n) is 2.66. The van der Waals surface area contributed by atoms with Crippen LogP contribution in [0.2, 0.25) is 0 Å². The molecule has 58 valence electrons. The van der Waals surface area contributed by atoms with Crippen LogP contribution in [-0.2, 0) is 4.79 Å². The third-order valence-electron chi connectivity index (χ3n) is 1.52. The SMILES string of the molecule is CNC(=O)/C=C(\C)C(C)C. The van der Waals surface area contributed by atoms with Crippen molar-refractivity contribution in [1.29, 1.82) is 0 Å². The van der Waals surface area contributed by atoms with Crippen LogP contribution in [-0.4, -0.2) is 13.0 Å². The van der Waals surface area contributed by atoms with Crippen molar-refractivity contribution in [3.8, 4) is 0 Å². The van der Waals surface area contributed by atoms with E-state index in [4.69, 9.17) is 0 Å². The highest BCUT2D eigenvalue weighted by Gasteiger charge is 1.97. The Morgan fingerprint density at radius 1 is 1.50 bits per heavy atom. The number of carbonyl (C=O) groups is 1. The Morgan fingerprint density at radius 2 is 2.00 bits per heavy atom. The summed E-state index contributed by atoms with van der Waals surface area (Å²) in [7, 11) is 1.63. The Labute approximate surface area is 62.3 Å². The first-order chi connectivity index (χ1) is 4.57. The Balaban J connectivity index is 4.03. The summed E-state index contributed by atoms with van der Waals surface area (Å²) in [6, 6.07) is 0. The molecule has 1 amide bonds. The van der Waals surface area contributed by atoms with Gasteiger partial charge in [-0.2, -0.15) is 0 Å². The van der Waals surface area contributed by atoms with Gasteiger partial charge in [0.05, 0.1) is 0 Å². The zero-order chi connectivity index (χ0) is 8.15. The van der Waals surface area contributed by atoms with E-state index in [2.05, 4.69) is 19.2 Å². The smallest absolute Gasteiger partial charge is 0.243 e. The molecule has 0 radical (unpaired) electrons. The predicted octanol–water partition coefficient (Wildman–Crippen LogP) is 1.33. The van der Waals surface area contributed by atoms with Crippen molar-refractivity contribution in [1.82, 2.24) is 5.32 Å². The molecule has 0 aromatic carbocycles. The van der Waals surface area contributed by atoms with Crippen molar-refractivity contribution >= 4 is 5.91 Å². The van der Waals surface area contributed by atoms with E-state index in [0.717, 1.165) is 5.57 Å². The molecular weight excluding hydrogens is 126 g/mol. The average molecular weight is 141 g/mol. The molecule has 0 spiro atoms. The van der Waals surface area contributed by atoms with E-state index >= 15 is 0 Å². The van der Waals surface area contributed by atoms with Crippen LogP contribution < -0.4 is 5.32 Å². The summed E-state index contributed by atoms with van der Waals surface area (Å²) in [4.78, 5) is 10.7. The van der Waals surface area contributed by atoms with E-state index in [1.165, 1.54) is 0 Å². The van der Waals surface area contributed by atoms with Gasteiger partial charge in [0.25, 0.3) is 0 Å². The molecule has 0 heterocycles. The first-order valence-corrected chi connectivity index (χ1v) is 3.47. The topological polar surface area (TPSA) is 29.1 Å². The molecule has 0 fully saturated rings. The van der Waals surface area contributed by atoms with Gasteiger partial charge in [-0.25, -0.2) is 0 Å².